The molecule has 0 amide bonds. The maximum absolute atomic E-state index is 12.6. The predicted octanol–water partition coefficient (Wildman–Crippen LogP) is 5.23. The van der Waals surface area contributed by atoms with Gasteiger partial charge in [-0.1, -0.05) is 43.3 Å². The van der Waals surface area contributed by atoms with Crippen LogP contribution in [0.15, 0.2) is 47.6 Å². The summed E-state index contributed by atoms with van der Waals surface area (Å²) in [5.41, 5.74) is 3.34. The van der Waals surface area contributed by atoms with Crippen LogP contribution in [0.3, 0.4) is 0 Å². The smallest absolute Gasteiger partial charge is 0.411 e. The molecule has 0 heterocycles. The van der Waals surface area contributed by atoms with E-state index < -0.39 is 11.7 Å². The molecule has 1 N–H and O–H groups in total. The highest BCUT2D eigenvalue weighted by atomic mass is 19.4. The minimum absolute atomic E-state index is 0.168. The van der Waals surface area contributed by atoms with Gasteiger partial charge in [0.15, 0.2) is 0 Å². The van der Waals surface area contributed by atoms with Crippen LogP contribution in [0.4, 0.5) is 13.2 Å². The lowest BCUT2D eigenvalue weighted by molar-refractivity contribution is -0.137. The standard InChI is InChI=1S/C18H16F3NO/c1-17(2)10-16(22-23)14-8-5-12(9-15(14)17)11-3-6-13(7-4-11)18(19,20)21/h3-9,23H,10H2,1-2H3. The van der Waals surface area contributed by atoms with E-state index in [1.54, 1.807) is 0 Å². The van der Waals surface area contributed by atoms with Gasteiger partial charge in [-0.15, -0.1) is 0 Å². The van der Waals surface area contributed by atoms with E-state index in [0.717, 1.165) is 34.4 Å². The molecule has 120 valence electrons. The molecule has 5 heteroatoms. The average Bonchev–Trinajstić information content (AvgIpc) is 2.77. The van der Waals surface area contributed by atoms with Crippen molar-refractivity contribution in [3.05, 3.63) is 59.2 Å². The van der Waals surface area contributed by atoms with Crippen molar-refractivity contribution in [2.24, 2.45) is 5.16 Å². The van der Waals surface area contributed by atoms with Gasteiger partial charge in [0.05, 0.1) is 11.3 Å². The van der Waals surface area contributed by atoms with E-state index in [2.05, 4.69) is 19.0 Å². The monoisotopic (exact) mass is 319 g/mol. The van der Waals surface area contributed by atoms with E-state index in [1.807, 2.05) is 18.2 Å². The van der Waals surface area contributed by atoms with Crippen molar-refractivity contribution in [1.82, 2.24) is 0 Å². The Kier molecular flexibility index (Phi) is 3.47. The molecule has 1 aliphatic rings. The molecule has 0 bridgehead atoms. The maximum Gasteiger partial charge on any atom is 0.416 e. The Bertz CT molecular complexity index is 774. The quantitative estimate of drug-likeness (QED) is 0.566. The van der Waals surface area contributed by atoms with Crippen LogP contribution in [-0.2, 0) is 11.6 Å². The number of halogens is 3. The first-order valence-corrected chi connectivity index (χ1v) is 7.26. The van der Waals surface area contributed by atoms with Crippen LogP contribution in [0.2, 0.25) is 0 Å². The summed E-state index contributed by atoms with van der Waals surface area (Å²) in [6.07, 6.45) is -3.69. The number of alkyl halides is 3. The third-order valence-electron chi connectivity index (χ3n) is 4.34. The highest BCUT2D eigenvalue weighted by molar-refractivity contribution is 6.06. The van der Waals surface area contributed by atoms with E-state index in [9.17, 15) is 13.2 Å². The number of hydrogen-bond acceptors (Lipinski definition) is 2. The summed E-state index contributed by atoms with van der Waals surface area (Å²) in [5.74, 6) is 0. The first-order chi connectivity index (χ1) is 10.7. The lowest BCUT2D eigenvalue weighted by atomic mass is 9.85. The summed E-state index contributed by atoms with van der Waals surface area (Å²) in [4.78, 5) is 0. The van der Waals surface area contributed by atoms with Gasteiger partial charge in [-0.3, -0.25) is 0 Å². The highest BCUT2D eigenvalue weighted by Crippen LogP contribution is 2.40. The van der Waals surface area contributed by atoms with Crippen molar-refractivity contribution >= 4 is 5.71 Å². The molecular formula is C18H16F3NO. The molecule has 0 spiro atoms. The minimum Gasteiger partial charge on any atom is -0.411 e. The van der Waals surface area contributed by atoms with E-state index in [0.29, 0.717) is 12.1 Å². The molecule has 0 aliphatic heterocycles. The Hall–Kier alpha value is -2.30. The summed E-state index contributed by atoms with van der Waals surface area (Å²) < 4.78 is 37.9. The Morgan fingerprint density at radius 1 is 1.00 bits per heavy atom. The van der Waals surface area contributed by atoms with Crippen LogP contribution in [0.5, 0.6) is 0 Å². The van der Waals surface area contributed by atoms with Gasteiger partial charge in [-0.2, -0.15) is 13.2 Å². The van der Waals surface area contributed by atoms with Gasteiger partial charge in [0.1, 0.15) is 0 Å². The first-order valence-electron chi connectivity index (χ1n) is 7.26. The Labute approximate surface area is 132 Å². The zero-order chi connectivity index (χ0) is 16.8. The third-order valence-corrected chi connectivity index (χ3v) is 4.34. The molecule has 3 rings (SSSR count). The summed E-state index contributed by atoms with van der Waals surface area (Å²) in [5, 5.41) is 12.5. The summed E-state index contributed by atoms with van der Waals surface area (Å²) in [6.45, 7) is 4.11. The molecule has 0 unspecified atom stereocenters. The van der Waals surface area contributed by atoms with Crippen molar-refractivity contribution in [3.8, 4) is 11.1 Å². The third kappa shape index (κ3) is 2.71. The van der Waals surface area contributed by atoms with Crippen LogP contribution in [0.1, 0.15) is 37.0 Å². The van der Waals surface area contributed by atoms with Crippen molar-refractivity contribution in [2.45, 2.75) is 31.9 Å². The van der Waals surface area contributed by atoms with Gasteiger partial charge < -0.3 is 5.21 Å². The van der Waals surface area contributed by atoms with Gasteiger partial charge in [0.25, 0.3) is 0 Å². The summed E-state index contributed by atoms with van der Waals surface area (Å²) in [6, 6.07) is 10.8. The lowest BCUT2D eigenvalue weighted by Gasteiger charge is -2.19. The molecular weight excluding hydrogens is 303 g/mol. The van der Waals surface area contributed by atoms with Crippen molar-refractivity contribution in [3.63, 3.8) is 0 Å². The van der Waals surface area contributed by atoms with Crippen LogP contribution < -0.4 is 0 Å². The largest absolute Gasteiger partial charge is 0.416 e. The van der Waals surface area contributed by atoms with Crippen molar-refractivity contribution in [1.29, 1.82) is 0 Å². The molecule has 2 aromatic rings. The topological polar surface area (TPSA) is 32.6 Å². The van der Waals surface area contributed by atoms with Crippen LogP contribution >= 0.6 is 0 Å². The first kappa shape index (κ1) is 15.6. The average molecular weight is 319 g/mol. The normalized spacial score (nSPS) is 18.2. The van der Waals surface area contributed by atoms with Crippen LogP contribution in [0.25, 0.3) is 11.1 Å². The number of benzene rings is 2. The molecule has 0 atom stereocenters. The van der Waals surface area contributed by atoms with E-state index >= 15 is 0 Å². The fourth-order valence-electron chi connectivity index (χ4n) is 3.09. The SMILES string of the molecule is CC1(C)CC(=NO)c2ccc(-c3ccc(C(F)(F)F)cc3)cc21. The van der Waals surface area contributed by atoms with Gasteiger partial charge in [-0.05, 0) is 40.3 Å². The molecule has 2 aromatic carbocycles. The van der Waals surface area contributed by atoms with Gasteiger partial charge in [0, 0.05) is 12.0 Å². The minimum atomic E-state index is -4.33. The second-order valence-corrected chi connectivity index (χ2v) is 6.44. The van der Waals surface area contributed by atoms with Gasteiger partial charge in [-0.25, -0.2) is 0 Å². The number of fused-ring (bicyclic) bond motifs is 1. The number of hydrogen-bond donors (Lipinski definition) is 1. The fraction of sp³-hybridized carbons (Fsp3) is 0.278. The number of oxime groups is 1. The summed E-state index contributed by atoms with van der Waals surface area (Å²) >= 11 is 0. The van der Waals surface area contributed by atoms with E-state index in [1.165, 1.54) is 12.1 Å². The summed E-state index contributed by atoms with van der Waals surface area (Å²) in [7, 11) is 0. The number of nitrogens with zero attached hydrogens (tertiary/aromatic N) is 1. The Balaban J connectivity index is 2.03. The molecule has 0 aromatic heterocycles. The van der Waals surface area contributed by atoms with Crippen molar-refractivity contribution in [2.75, 3.05) is 0 Å². The maximum atomic E-state index is 12.6. The molecule has 23 heavy (non-hydrogen) atoms. The number of rotatable bonds is 1. The van der Waals surface area contributed by atoms with Crippen LogP contribution in [-0.4, -0.2) is 10.9 Å². The van der Waals surface area contributed by atoms with Crippen molar-refractivity contribution < 1.29 is 18.4 Å². The van der Waals surface area contributed by atoms with Gasteiger partial charge in [0.2, 0.25) is 0 Å². The second kappa shape index (κ2) is 5.11. The Morgan fingerprint density at radius 2 is 1.61 bits per heavy atom. The molecule has 0 saturated carbocycles. The Morgan fingerprint density at radius 3 is 2.17 bits per heavy atom. The van der Waals surface area contributed by atoms with Crippen LogP contribution in [0, 0.1) is 0 Å². The lowest BCUT2D eigenvalue weighted by Crippen LogP contribution is -2.12. The second-order valence-electron chi connectivity index (χ2n) is 6.44. The highest BCUT2D eigenvalue weighted by Gasteiger charge is 2.35. The molecule has 2 nitrogen and oxygen atoms in total. The molecule has 0 radical (unpaired) electrons. The van der Waals surface area contributed by atoms with E-state index in [-0.39, 0.29) is 5.41 Å². The fourth-order valence-corrected chi connectivity index (χ4v) is 3.09. The predicted molar refractivity (Wildman–Crippen MR) is 82.8 cm³/mol. The molecule has 0 fully saturated rings. The van der Waals surface area contributed by atoms with Gasteiger partial charge >= 0.3 is 6.18 Å². The molecule has 1 aliphatic carbocycles. The molecule has 0 saturated heterocycles. The zero-order valence-electron chi connectivity index (χ0n) is 12.8. The van der Waals surface area contributed by atoms with E-state index in [4.69, 9.17) is 5.21 Å². The zero-order valence-corrected chi connectivity index (χ0v) is 12.8.